The van der Waals surface area contributed by atoms with Gasteiger partial charge in [0, 0.05) is 17.5 Å². The number of hydrogen-bond acceptors (Lipinski definition) is 3. The molecule has 1 aliphatic heterocycles. The second kappa shape index (κ2) is 7.96. The van der Waals surface area contributed by atoms with Crippen LogP contribution in [0.3, 0.4) is 0 Å². The van der Waals surface area contributed by atoms with Crippen LogP contribution in [0, 0.1) is 6.92 Å². The van der Waals surface area contributed by atoms with Crippen molar-refractivity contribution < 1.29 is 0 Å². The Morgan fingerprint density at radius 1 is 1.24 bits per heavy atom. The highest BCUT2D eigenvalue weighted by Crippen LogP contribution is 2.30. The maximum Gasteiger partial charge on any atom is 0.179 e. The third-order valence-corrected chi connectivity index (χ3v) is 5.86. The number of amidine groups is 1. The standard InChI is InChI=1S/C18H17Cl2N3S2/c1-11-5-3-4-6-16(11)22-18-23(10-12(2)25-18)17(24)21-13-7-8-14(19)15(20)9-13/h3-9,12H,10H2,1-2H3,(H,21,24)/b22-18+. The topological polar surface area (TPSA) is 27.6 Å². The molecule has 25 heavy (non-hydrogen) atoms. The van der Waals surface area contributed by atoms with E-state index in [0.29, 0.717) is 20.4 Å². The Morgan fingerprint density at radius 2 is 2.00 bits per heavy atom. The summed E-state index contributed by atoms with van der Waals surface area (Å²) in [6.45, 7) is 5.03. The first-order valence-corrected chi connectivity index (χ1v) is 9.83. The zero-order valence-electron chi connectivity index (χ0n) is 13.8. The van der Waals surface area contributed by atoms with Gasteiger partial charge in [0.25, 0.3) is 0 Å². The van der Waals surface area contributed by atoms with E-state index in [4.69, 9.17) is 40.4 Å². The molecule has 7 heteroatoms. The van der Waals surface area contributed by atoms with Crippen LogP contribution >= 0.6 is 47.2 Å². The van der Waals surface area contributed by atoms with Gasteiger partial charge in [0.2, 0.25) is 0 Å². The summed E-state index contributed by atoms with van der Waals surface area (Å²) in [6.07, 6.45) is 0. The lowest BCUT2D eigenvalue weighted by Gasteiger charge is -2.20. The van der Waals surface area contributed by atoms with Gasteiger partial charge in [-0.2, -0.15) is 0 Å². The largest absolute Gasteiger partial charge is 0.332 e. The average molecular weight is 410 g/mol. The molecule has 130 valence electrons. The van der Waals surface area contributed by atoms with E-state index in [9.17, 15) is 0 Å². The van der Waals surface area contributed by atoms with E-state index in [1.807, 2.05) is 29.2 Å². The molecule has 2 aromatic rings. The van der Waals surface area contributed by atoms with Crippen molar-refractivity contribution in [2.24, 2.45) is 4.99 Å². The molecule has 1 atom stereocenters. The minimum Gasteiger partial charge on any atom is -0.332 e. The summed E-state index contributed by atoms with van der Waals surface area (Å²) in [7, 11) is 0. The molecule has 1 unspecified atom stereocenters. The second-order valence-corrected chi connectivity index (χ2v) is 8.39. The Morgan fingerprint density at radius 3 is 2.72 bits per heavy atom. The van der Waals surface area contributed by atoms with Gasteiger partial charge in [0.15, 0.2) is 10.3 Å². The van der Waals surface area contributed by atoms with E-state index in [1.54, 1.807) is 23.9 Å². The van der Waals surface area contributed by atoms with Crippen LogP contribution in [-0.4, -0.2) is 27.0 Å². The van der Waals surface area contributed by atoms with Gasteiger partial charge in [-0.3, -0.25) is 4.90 Å². The third-order valence-electron chi connectivity index (χ3n) is 3.72. The smallest absolute Gasteiger partial charge is 0.179 e. The zero-order chi connectivity index (χ0) is 18.0. The zero-order valence-corrected chi connectivity index (χ0v) is 16.9. The molecule has 0 saturated carbocycles. The Hall–Kier alpha value is -1.27. The Balaban J connectivity index is 1.82. The number of benzene rings is 2. The number of nitrogens with zero attached hydrogens (tertiary/aromatic N) is 2. The Kier molecular flexibility index (Phi) is 5.89. The van der Waals surface area contributed by atoms with Gasteiger partial charge in [-0.25, -0.2) is 4.99 Å². The summed E-state index contributed by atoms with van der Waals surface area (Å²) >= 11 is 19.4. The number of halogens is 2. The van der Waals surface area contributed by atoms with Crippen molar-refractivity contribution in [3.05, 3.63) is 58.1 Å². The molecular weight excluding hydrogens is 393 g/mol. The van der Waals surface area contributed by atoms with E-state index in [-0.39, 0.29) is 0 Å². The Bertz CT molecular complexity index is 839. The first-order valence-electron chi connectivity index (χ1n) is 7.78. The highest BCUT2D eigenvalue weighted by Gasteiger charge is 2.29. The molecule has 1 saturated heterocycles. The lowest BCUT2D eigenvalue weighted by molar-refractivity contribution is 0.641. The number of rotatable bonds is 2. The molecule has 3 rings (SSSR count). The number of anilines is 1. The summed E-state index contributed by atoms with van der Waals surface area (Å²) in [5, 5.41) is 6.15. The summed E-state index contributed by atoms with van der Waals surface area (Å²) in [4.78, 5) is 6.84. The van der Waals surface area contributed by atoms with Crippen LogP contribution in [0.15, 0.2) is 47.5 Å². The second-order valence-electron chi connectivity index (χ2n) is 5.78. The number of aryl methyl sites for hydroxylation is 1. The molecule has 0 amide bonds. The summed E-state index contributed by atoms with van der Waals surface area (Å²) in [6, 6.07) is 13.4. The first-order chi connectivity index (χ1) is 11.9. The van der Waals surface area contributed by atoms with Crippen LogP contribution < -0.4 is 5.32 Å². The highest BCUT2D eigenvalue weighted by atomic mass is 35.5. The first kappa shape index (κ1) is 18.5. The molecule has 0 aliphatic carbocycles. The molecule has 3 nitrogen and oxygen atoms in total. The third kappa shape index (κ3) is 4.47. The number of thiocarbonyl (C=S) groups is 1. The van der Waals surface area contributed by atoms with E-state index < -0.39 is 0 Å². The molecule has 0 spiro atoms. The van der Waals surface area contributed by atoms with Gasteiger partial charge in [-0.1, -0.05) is 60.1 Å². The van der Waals surface area contributed by atoms with Crippen molar-refractivity contribution in [1.82, 2.24) is 4.90 Å². The fourth-order valence-electron chi connectivity index (χ4n) is 2.43. The number of aliphatic imine (C=N–C) groups is 1. The number of nitrogens with one attached hydrogen (secondary N) is 1. The van der Waals surface area contributed by atoms with Crippen molar-refractivity contribution in [3.63, 3.8) is 0 Å². The molecule has 1 N–H and O–H groups in total. The number of hydrogen-bond donors (Lipinski definition) is 1. The highest BCUT2D eigenvalue weighted by molar-refractivity contribution is 8.14. The van der Waals surface area contributed by atoms with E-state index in [1.165, 1.54) is 0 Å². The van der Waals surface area contributed by atoms with E-state index in [0.717, 1.165) is 28.7 Å². The van der Waals surface area contributed by atoms with Crippen LogP contribution in [0.4, 0.5) is 11.4 Å². The minimum atomic E-state index is 0.413. The average Bonchev–Trinajstić information content (AvgIpc) is 2.94. The number of para-hydroxylation sites is 1. The van der Waals surface area contributed by atoms with Crippen LogP contribution in [0.5, 0.6) is 0 Å². The van der Waals surface area contributed by atoms with Crippen LogP contribution in [0.2, 0.25) is 10.0 Å². The molecular formula is C18H17Cl2N3S2. The monoisotopic (exact) mass is 409 g/mol. The SMILES string of the molecule is Cc1ccccc1/N=C1/SC(C)CN1C(=S)Nc1ccc(Cl)c(Cl)c1. The van der Waals surface area contributed by atoms with Crippen LogP contribution in [0.1, 0.15) is 12.5 Å². The summed E-state index contributed by atoms with van der Waals surface area (Å²) in [5.74, 6) is 0. The number of thioether (sulfide) groups is 1. The van der Waals surface area contributed by atoms with Crippen LogP contribution in [-0.2, 0) is 0 Å². The lowest BCUT2D eigenvalue weighted by atomic mass is 10.2. The molecule has 1 aliphatic rings. The van der Waals surface area contributed by atoms with Crippen molar-refractivity contribution in [2.75, 3.05) is 11.9 Å². The Labute approximate surface area is 167 Å². The molecule has 0 bridgehead atoms. The molecule has 1 fully saturated rings. The van der Waals surface area contributed by atoms with Crippen molar-refractivity contribution >= 4 is 68.8 Å². The molecule has 0 aromatic heterocycles. The maximum absolute atomic E-state index is 6.08. The normalized spacial score (nSPS) is 18.6. The van der Waals surface area contributed by atoms with E-state index >= 15 is 0 Å². The quantitative estimate of drug-likeness (QED) is 0.604. The van der Waals surface area contributed by atoms with Gasteiger partial charge in [-0.15, -0.1) is 0 Å². The van der Waals surface area contributed by atoms with Crippen LogP contribution in [0.25, 0.3) is 0 Å². The lowest BCUT2D eigenvalue weighted by Crippen LogP contribution is -2.36. The van der Waals surface area contributed by atoms with Crippen molar-refractivity contribution in [2.45, 2.75) is 19.1 Å². The fourth-order valence-corrected chi connectivity index (χ4v) is 4.09. The minimum absolute atomic E-state index is 0.413. The summed E-state index contributed by atoms with van der Waals surface area (Å²) < 4.78 is 0. The fraction of sp³-hybridized carbons (Fsp3) is 0.222. The van der Waals surface area contributed by atoms with Crippen molar-refractivity contribution in [3.8, 4) is 0 Å². The summed E-state index contributed by atoms with van der Waals surface area (Å²) in [5.41, 5.74) is 2.90. The predicted octanol–water partition coefficient (Wildman–Crippen LogP) is 6.12. The van der Waals surface area contributed by atoms with Gasteiger partial charge in [0.1, 0.15) is 0 Å². The molecule has 1 heterocycles. The van der Waals surface area contributed by atoms with Gasteiger partial charge >= 0.3 is 0 Å². The molecule has 2 aromatic carbocycles. The van der Waals surface area contributed by atoms with Gasteiger partial charge in [-0.05, 0) is 49.0 Å². The van der Waals surface area contributed by atoms with Crippen molar-refractivity contribution in [1.29, 1.82) is 0 Å². The van der Waals surface area contributed by atoms with Gasteiger partial charge in [0.05, 0.1) is 15.7 Å². The van der Waals surface area contributed by atoms with Gasteiger partial charge < -0.3 is 5.32 Å². The molecule has 0 radical (unpaired) electrons. The van der Waals surface area contributed by atoms with E-state index in [2.05, 4.69) is 25.2 Å². The maximum atomic E-state index is 6.08. The predicted molar refractivity (Wildman–Crippen MR) is 115 cm³/mol.